The molecule has 0 spiro atoms. The average molecular weight is 380 g/mol. The van der Waals surface area contributed by atoms with Crippen LogP contribution in [0, 0.1) is 12.8 Å². The maximum atomic E-state index is 14.3. The van der Waals surface area contributed by atoms with Gasteiger partial charge < -0.3 is 9.84 Å². The molecule has 0 aliphatic carbocycles. The van der Waals surface area contributed by atoms with Crippen LogP contribution in [0.5, 0.6) is 5.75 Å². The molecule has 0 bridgehead atoms. The first-order chi connectivity index (χ1) is 12.5. The third kappa shape index (κ3) is 4.50. The van der Waals surface area contributed by atoms with Crippen LogP contribution in [0.4, 0.5) is 14.5 Å². The van der Waals surface area contributed by atoms with Crippen molar-refractivity contribution in [3.8, 4) is 11.4 Å². The molecule has 1 aromatic heterocycles. The number of alkyl halides is 2. The maximum Gasteiger partial charge on any atom is 0.426 e. The van der Waals surface area contributed by atoms with E-state index >= 15 is 0 Å². The summed E-state index contributed by atoms with van der Waals surface area (Å²) in [6, 6.07) is 2.98. The SMILES string of the molecule is CCC(C)C(C)=Nc1c(OC(F)(F)C(C)(C)O)ccc(-n2nccn2)c1C. The topological polar surface area (TPSA) is 72.5 Å². The van der Waals surface area contributed by atoms with Gasteiger partial charge in [-0.15, -0.1) is 0 Å². The second kappa shape index (κ2) is 7.72. The standard InChI is InChI=1S/C19H26F2N4O2/c1-7-12(2)14(4)24-17-13(3)15(25-22-10-11-23-25)8-9-16(17)27-19(20,21)18(5,6)26/h8-12,26H,7H2,1-6H3. The number of aromatic nitrogens is 3. The van der Waals surface area contributed by atoms with Crippen molar-refractivity contribution in [1.29, 1.82) is 0 Å². The minimum Gasteiger partial charge on any atom is -0.428 e. The number of rotatable bonds is 7. The lowest BCUT2D eigenvalue weighted by atomic mass is 10.0. The minimum absolute atomic E-state index is 0.113. The fourth-order valence-corrected chi connectivity index (χ4v) is 2.29. The zero-order chi connectivity index (χ0) is 20.4. The van der Waals surface area contributed by atoms with E-state index in [1.54, 1.807) is 13.0 Å². The summed E-state index contributed by atoms with van der Waals surface area (Å²) in [5.74, 6) is 0.0664. The first-order valence-electron chi connectivity index (χ1n) is 8.82. The number of ether oxygens (including phenoxy) is 1. The molecule has 1 aromatic carbocycles. The van der Waals surface area contributed by atoms with Crippen LogP contribution in [0.1, 0.15) is 46.6 Å². The second-order valence-corrected chi connectivity index (χ2v) is 7.12. The summed E-state index contributed by atoms with van der Waals surface area (Å²) >= 11 is 0. The van der Waals surface area contributed by atoms with Gasteiger partial charge in [-0.05, 0) is 52.2 Å². The number of benzene rings is 1. The van der Waals surface area contributed by atoms with E-state index in [2.05, 4.69) is 15.2 Å². The molecule has 0 aliphatic rings. The third-order valence-electron chi connectivity index (χ3n) is 4.56. The summed E-state index contributed by atoms with van der Waals surface area (Å²) in [5.41, 5.74) is -0.0859. The number of aliphatic hydroxyl groups is 1. The average Bonchev–Trinajstić information content (AvgIpc) is 3.10. The summed E-state index contributed by atoms with van der Waals surface area (Å²) in [7, 11) is 0. The molecule has 1 N–H and O–H groups in total. The highest BCUT2D eigenvalue weighted by Crippen LogP contribution is 2.40. The highest BCUT2D eigenvalue weighted by Gasteiger charge is 2.49. The Labute approximate surface area is 157 Å². The summed E-state index contributed by atoms with van der Waals surface area (Å²) in [4.78, 5) is 5.97. The van der Waals surface area contributed by atoms with Crippen molar-refractivity contribution >= 4 is 11.4 Å². The summed E-state index contributed by atoms with van der Waals surface area (Å²) in [5, 5.41) is 17.9. The Hall–Kier alpha value is -2.35. The minimum atomic E-state index is -3.79. The van der Waals surface area contributed by atoms with Gasteiger partial charge in [0.2, 0.25) is 0 Å². The van der Waals surface area contributed by atoms with Gasteiger partial charge in [-0.3, -0.25) is 4.99 Å². The van der Waals surface area contributed by atoms with Crippen LogP contribution in [0.15, 0.2) is 29.5 Å². The molecule has 0 saturated carbocycles. The zero-order valence-corrected chi connectivity index (χ0v) is 16.5. The molecule has 0 aliphatic heterocycles. The Balaban J connectivity index is 2.61. The first-order valence-corrected chi connectivity index (χ1v) is 8.82. The maximum absolute atomic E-state index is 14.3. The van der Waals surface area contributed by atoms with E-state index in [0.717, 1.165) is 26.0 Å². The smallest absolute Gasteiger partial charge is 0.426 e. The van der Waals surface area contributed by atoms with Gasteiger partial charge in [0.1, 0.15) is 5.69 Å². The summed E-state index contributed by atoms with van der Waals surface area (Å²) in [6.45, 7) is 9.63. The molecule has 1 atom stereocenters. The van der Waals surface area contributed by atoms with Crippen LogP contribution < -0.4 is 4.74 Å². The van der Waals surface area contributed by atoms with E-state index in [4.69, 9.17) is 4.74 Å². The molecular weight excluding hydrogens is 354 g/mol. The molecule has 27 heavy (non-hydrogen) atoms. The molecule has 0 saturated heterocycles. The normalized spacial score (nSPS) is 14.3. The molecule has 0 fully saturated rings. The molecule has 0 radical (unpaired) electrons. The largest absolute Gasteiger partial charge is 0.428 e. The zero-order valence-electron chi connectivity index (χ0n) is 16.5. The van der Waals surface area contributed by atoms with Gasteiger partial charge in [-0.2, -0.15) is 23.8 Å². The third-order valence-corrected chi connectivity index (χ3v) is 4.56. The Morgan fingerprint density at radius 3 is 2.41 bits per heavy atom. The fraction of sp³-hybridized carbons (Fsp3) is 0.526. The predicted molar refractivity (Wildman–Crippen MR) is 100 cm³/mol. The molecule has 6 nitrogen and oxygen atoms in total. The Morgan fingerprint density at radius 2 is 1.89 bits per heavy atom. The van der Waals surface area contributed by atoms with E-state index in [-0.39, 0.29) is 17.4 Å². The van der Waals surface area contributed by atoms with E-state index < -0.39 is 11.7 Å². The van der Waals surface area contributed by atoms with Crippen molar-refractivity contribution in [2.24, 2.45) is 10.9 Å². The van der Waals surface area contributed by atoms with Crippen LogP contribution in [-0.2, 0) is 0 Å². The van der Waals surface area contributed by atoms with E-state index in [9.17, 15) is 13.9 Å². The molecule has 1 heterocycles. The van der Waals surface area contributed by atoms with Crippen molar-refractivity contribution in [2.45, 2.75) is 59.7 Å². The number of hydrogen-bond donors (Lipinski definition) is 1. The quantitative estimate of drug-likeness (QED) is 0.720. The van der Waals surface area contributed by atoms with Crippen molar-refractivity contribution in [2.75, 3.05) is 0 Å². The van der Waals surface area contributed by atoms with Crippen LogP contribution in [0.2, 0.25) is 0 Å². The first kappa shape index (κ1) is 21.0. The number of aliphatic imine (C=N–C) groups is 1. The van der Waals surface area contributed by atoms with Gasteiger partial charge in [0.05, 0.1) is 18.1 Å². The highest BCUT2D eigenvalue weighted by molar-refractivity contribution is 5.88. The van der Waals surface area contributed by atoms with Crippen LogP contribution in [0.3, 0.4) is 0 Å². The Kier molecular flexibility index (Phi) is 5.99. The molecule has 1 unspecified atom stereocenters. The number of halogens is 2. The molecule has 0 amide bonds. The molecule has 2 aromatic rings. The van der Waals surface area contributed by atoms with Crippen molar-refractivity contribution in [1.82, 2.24) is 15.0 Å². The fourth-order valence-electron chi connectivity index (χ4n) is 2.29. The van der Waals surface area contributed by atoms with E-state index in [1.165, 1.54) is 23.3 Å². The highest BCUT2D eigenvalue weighted by atomic mass is 19.3. The monoisotopic (exact) mass is 380 g/mol. The molecule has 8 heteroatoms. The van der Waals surface area contributed by atoms with Gasteiger partial charge in [-0.25, -0.2) is 0 Å². The Bertz CT molecular complexity index is 812. The molecule has 2 rings (SSSR count). The lowest BCUT2D eigenvalue weighted by Gasteiger charge is -2.29. The molecule has 148 valence electrons. The van der Waals surface area contributed by atoms with Crippen LogP contribution >= 0.6 is 0 Å². The van der Waals surface area contributed by atoms with Gasteiger partial charge in [0.25, 0.3) is 0 Å². The molecular formula is C19H26F2N4O2. The second-order valence-electron chi connectivity index (χ2n) is 7.12. The van der Waals surface area contributed by atoms with E-state index in [0.29, 0.717) is 11.3 Å². The van der Waals surface area contributed by atoms with Crippen LogP contribution in [0.25, 0.3) is 5.69 Å². The predicted octanol–water partition coefficient (Wildman–Crippen LogP) is 4.46. The number of nitrogens with zero attached hydrogens (tertiary/aromatic N) is 4. The van der Waals surface area contributed by atoms with Crippen LogP contribution in [-0.4, -0.2) is 37.5 Å². The Morgan fingerprint density at radius 1 is 1.30 bits per heavy atom. The summed E-state index contributed by atoms with van der Waals surface area (Å²) < 4.78 is 33.6. The van der Waals surface area contributed by atoms with Gasteiger partial charge in [-0.1, -0.05) is 13.8 Å². The van der Waals surface area contributed by atoms with Crippen molar-refractivity contribution < 1.29 is 18.6 Å². The lowest BCUT2D eigenvalue weighted by Crippen LogP contribution is -2.47. The number of hydrogen-bond acceptors (Lipinski definition) is 5. The van der Waals surface area contributed by atoms with Crippen molar-refractivity contribution in [3.05, 3.63) is 30.1 Å². The van der Waals surface area contributed by atoms with E-state index in [1.807, 2.05) is 20.8 Å². The van der Waals surface area contributed by atoms with Gasteiger partial charge >= 0.3 is 6.11 Å². The van der Waals surface area contributed by atoms with Gasteiger partial charge in [0.15, 0.2) is 11.4 Å². The summed E-state index contributed by atoms with van der Waals surface area (Å²) in [6.07, 6.45) is 0.128. The lowest BCUT2D eigenvalue weighted by molar-refractivity contribution is -0.276. The van der Waals surface area contributed by atoms with Crippen molar-refractivity contribution in [3.63, 3.8) is 0 Å². The van der Waals surface area contributed by atoms with Gasteiger partial charge in [0, 0.05) is 11.3 Å².